The van der Waals surface area contributed by atoms with Crippen LogP contribution in [0.5, 0.6) is 0 Å². The average molecular weight is 344 g/mol. The van der Waals surface area contributed by atoms with Gasteiger partial charge in [0, 0.05) is 5.39 Å². The normalized spacial score (nSPS) is 10.9. The summed E-state index contributed by atoms with van der Waals surface area (Å²) in [5.74, 6) is 0.0538. The second-order valence-corrected chi connectivity index (χ2v) is 5.96. The third kappa shape index (κ3) is 3.00. The standard InChI is InChI=1S/C20H16N4O2/c21-18-16-9-12(5-8-17(16)23-20(22)24-18)11-26-19(25)15-7-6-13-3-1-2-4-14(13)10-15/h1-10H,11H2,(H4,21,22,23,24). The summed E-state index contributed by atoms with van der Waals surface area (Å²) in [6.45, 7) is 0.130. The van der Waals surface area contributed by atoms with E-state index >= 15 is 0 Å². The second-order valence-electron chi connectivity index (χ2n) is 5.96. The van der Waals surface area contributed by atoms with Crippen molar-refractivity contribution >= 4 is 39.4 Å². The van der Waals surface area contributed by atoms with Gasteiger partial charge < -0.3 is 16.2 Å². The van der Waals surface area contributed by atoms with E-state index in [4.69, 9.17) is 16.2 Å². The number of nitrogens with zero attached hydrogens (tertiary/aromatic N) is 2. The molecule has 6 nitrogen and oxygen atoms in total. The van der Waals surface area contributed by atoms with E-state index in [1.165, 1.54) is 0 Å². The molecule has 0 amide bonds. The number of hydrogen-bond donors (Lipinski definition) is 2. The molecule has 0 aliphatic rings. The molecular weight excluding hydrogens is 328 g/mol. The predicted octanol–water partition coefficient (Wildman–Crippen LogP) is 3.30. The molecule has 128 valence electrons. The SMILES string of the molecule is Nc1nc(N)c2cc(COC(=O)c3ccc4ccccc4c3)ccc2n1. The van der Waals surface area contributed by atoms with Crippen LogP contribution in [0.15, 0.2) is 60.7 Å². The Labute approximate surface area is 149 Å². The molecule has 0 radical (unpaired) electrons. The molecular formula is C20H16N4O2. The molecule has 26 heavy (non-hydrogen) atoms. The number of aromatic nitrogens is 2. The van der Waals surface area contributed by atoms with Crippen molar-refractivity contribution in [2.75, 3.05) is 11.5 Å². The van der Waals surface area contributed by atoms with Gasteiger partial charge >= 0.3 is 5.97 Å². The lowest BCUT2D eigenvalue weighted by molar-refractivity contribution is 0.0473. The lowest BCUT2D eigenvalue weighted by atomic mass is 10.1. The number of nitrogens with two attached hydrogens (primary N) is 2. The van der Waals surface area contributed by atoms with Crippen LogP contribution in [0.4, 0.5) is 11.8 Å². The molecule has 0 bridgehead atoms. The largest absolute Gasteiger partial charge is 0.457 e. The Hall–Kier alpha value is -3.67. The first-order chi connectivity index (χ1) is 12.6. The van der Waals surface area contributed by atoms with Crippen molar-refractivity contribution in [3.05, 3.63) is 71.8 Å². The maximum atomic E-state index is 12.3. The van der Waals surface area contributed by atoms with E-state index in [2.05, 4.69) is 9.97 Å². The monoisotopic (exact) mass is 344 g/mol. The highest BCUT2D eigenvalue weighted by molar-refractivity contribution is 5.95. The lowest BCUT2D eigenvalue weighted by Crippen LogP contribution is -2.06. The topological polar surface area (TPSA) is 104 Å². The zero-order chi connectivity index (χ0) is 18.1. The molecule has 0 saturated heterocycles. The van der Waals surface area contributed by atoms with Crippen molar-refractivity contribution < 1.29 is 9.53 Å². The minimum atomic E-state index is -0.377. The van der Waals surface area contributed by atoms with E-state index in [0.29, 0.717) is 22.3 Å². The number of esters is 1. The molecule has 3 aromatic carbocycles. The Bertz CT molecular complexity index is 1140. The second kappa shape index (κ2) is 6.33. The molecule has 0 aliphatic heterocycles. The average Bonchev–Trinajstić information content (AvgIpc) is 2.65. The molecule has 0 atom stereocenters. The number of rotatable bonds is 3. The molecule has 4 rings (SSSR count). The van der Waals surface area contributed by atoms with Gasteiger partial charge in [-0.15, -0.1) is 0 Å². The summed E-state index contributed by atoms with van der Waals surface area (Å²) in [7, 11) is 0. The maximum Gasteiger partial charge on any atom is 0.338 e. The summed E-state index contributed by atoms with van der Waals surface area (Å²) >= 11 is 0. The van der Waals surface area contributed by atoms with Crippen LogP contribution in [0, 0.1) is 0 Å². The maximum absolute atomic E-state index is 12.3. The van der Waals surface area contributed by atoms with Gasteiger partial charge in [0.25, 0.3) is 0 Å². The van der Waals surface area contributed by atoms with Crippen molar-refractivity contribution in [3.8, 4) is 0 Å². The Kier molecular flexibility index (Phi) is 3.85. The van der Waals surface area contributed by atoms with Crippen molar-refractivity contribution in [2.45, 2.75) is 6.61 Å². The van der Waals surface area contributed by atoms with E-state index in [1.807, 2.05) is 42.5 Å². The van der Waals surface area contributed by atoms with Crippen molar-refractivity contribution in [3.63, 3.8) is 0 Å². The van der Waals surface area contributed by atoms with E-state index < -0.39 is 0 Å². The van der Waals surface area contributed by atoms with Crippen LogP contribution < -0.4 is 11.5 Å². The molecule has 0 spiro atoms. The van der Waals surface area contributed by atoms with E-state index in [9.17, 15) is 4.79 Å². The van der Waals surface area contributed by atoms with Gasteiger partial charge in [-0.05, 0) is 40.6 Å². The highest BCUT2D eigenvalue weighted by Gasteiger charge is 2.10. The number of anilines is 2. The number of fused-ring (bicyclic) bond motifs is 2. The predicted molar refractivity (Wildman–Crippen MR) is 101 cm³/mol. The lowest BCUT2D eigenvalue weighted by Gasteiger charge is -2.08. The quantitative estimate of drug-likeness (QED) is 0.553. The molecule has 0 aliphatic carbocycles. The first-order valence-corrected chi connectivity index (χ1v) is 8.08. The third-order valence-electron chi connectivity index (χ3n) is 4.16. The summed E-state index contributed by atoms with van der Waals surface area (Å²) in [5, 5.41) is 2.75. The summed E-state index contributed by atoms with van der Waals surface area (Å²) < 4.78 is 5.43. The van der Waals surface area contributed by atoms with Crippen molar-refractivity contribution in [2.24, 2.45) is 0 Å². The highest BCUT2D eigenvalue weighted by Crippen LogP contribution is 2.21. The highest BCUT2D eigenvalue weighted by atomic mass is 16.5. The Morgan fingerprint density at radius 2 is 1.73 bits per heavy atom. The van der Waals surface area contributed by atoms with Gasteiger partial charge in [-0.25, -0.2) is 9.78 Å². The zero-order valence-corrected chi connectivity index (χ0v) is 13.8. The molecule has 0 unspecified atom stereocenters. The van der Waals surface area contributed by atoms with E-state index in [-0.39, 0.29) is 18.5 Å². The number of benzene rings is 3. The van der Waals surface area contributed by atoms with Crippen LogP contribution in [0.3, 0.4) is 0 Å². The van der Waals surface area contributed by atoms with Crippen LogP contribution in [-0.2, 0) is 11.3 Å². The minimum Gasteiger partial charge on any atom is -0.457 e. The first-order valence-electron chi connectivity index (χ1n) is 8.08. The number of carbonyl (C=O) groups excluding carboxylic acids is 1. The van der Waals surface area contributed by atoms with Crippen LogP contribution in [0.25, 0.3) is 21.7 Å². The zero-order valence-electron chi connectivity index (χ0n) is 13.8. The summed E-state index contributed by atoms with van der Waals surface area (Å²) in [6.07, 6.45) is 0. The van der Waals surface area contributed by atoms with Gasteiger partial charge in [0.05, 0.1) is 11.1 Å². The molecule has 4 N–H and O–H groups in total. The fourth-order valence-electron chi connectivity index (χ4n) is 2.86. The number of ether oxygens (including phenoxy) is 1. The molecule has 1 heterocycles. The van der Waals surface area contributed by atoms with Gasteiger partial charge in [0.15, 0.2) is 0 Å². The van der Waals surface area contributed by atoms with Crippen molar-refractivity contribution in [1.29, 1.82) is 0 Å². The van der Waals surface area contributed by atoms with Gasteiger partial charge in [-0.1, -0.05) is 36.4 Å². The fraction of sp³-hybridized carbons (Fsp3) is 0.0500. The Morgan fingerprint density at radius 1 is 0.923 bits per heavy atom. The first kappa shape index (κ1) is 15.8. The Balaban J connectivity index is 1.54. The van der Waals surface area contributed by atoms with Crippen LogP contribution in [-0.4, -0.2) is 15.9 Å². The van der Waals surface area contributed by atoms with E-state index in [1.54, 1.807) is 18.2 Å². The Morgan fingerprint density at radius 3 is 2.58 bits per heavy atom. The molecule has 6 heteroatoms. The van der Waals surface area contributed by atoms with Crippen LogP contribution in [0.2, 0.25) is 0 Å². The summed E-state index contributed by atoms with van der Waals surface area (Å²) in [4.78, 5) is 20.4. The van der Waals surface area contributed by atoms with Gasteiger partial charge in [-0.2, -0.15) is 4.98 Å². The van der Waals surface area contributed by atoms with Gasteiger partial charge in [0.1, 0.15) is 12.4 Å². The van der Waals surface area contributed by atoms with Gasteiger partial charge in [0.2, 0.25) is 5.95 Å². The van der Waals surface area contributed by atoms with E-state index in [0.717, 1.165) is 16.3 Å². The van der Waals surface area contributed by atoms with Crippen LogP contribution >= 0.6 is 0 Å². The molecule has 4 aromatic rings. The summed E-state index contributed by atoms with van der Waals surface area (Å²) in [5.41, 5.74) is 13.4. The molecule has 0 saturated carbocycles. The number of hydrogen-bond acceptors (Lipinski definition) is 6. The number of nitrogen functional groups attached to an aromatic ring is 2. The smallest absolute Gasteiger partial charge is 0.338 e. The van der Waals surface area contributed by atoms with Crippen molar-refractivity contribution in [1.82, 2.24) is 9.97 Å². The van der Waals surface area contributed by atoms with Crippen LogP contribution in [0.1, 0.15) is 15.9 Å². The third-order valence-corrected chi connectivity index (χ3v) is 4.16. The number of carbonyl (C=O) groups is 1. The fourth-order valence-corrected chi connectivity index (χ4v) is 2.86. The molecule has 0 fully saturated rings. The summed E-state index contributed by atoms with van der Waals surface area (Å²) in [6, 6.07) is 18.8. The molecule has 1 aromatic heterocycles. The van der Waals surface area contributed by atoms with Gasteiger partial charge in [-0.3, -0.25) is 0 Å². The minimum absolute atomic E-state index is 0.130.